The number of fused-ring (bicyclic) bond motifs is 6. The van der Waals surface area contributed by atoms with Crippen LogP contribution in [-0.4, -0.2) is 85.7 Å². The van der Waals surface area contributed by atoms with Gasteiger partial charge in [-0.25, -0.2) is 0 Å². The van der Waals surface area contributed by atoms with Crippen LogP contribution >= 0.6 is 23.2 Å². The highest BCUT2D eigenvalue weighted by Crippen LogP contribution is 2.36. The molecule has 0 saturated heterocycles. The van der Waals surface area contributed by atoms with E-state index in [1.54, 1.807) is 12.1 Å². The van der Waals surface area contributed by atoms with Gasteiger partial charge in [0.25, 0.3) is 0 Å². The van der Waals surface area contributed by atoms with E-state index in [1.165, 1.54) is 0 Å². The molecule has 4 aromatic carbocycles. The Bertz CT molecular complexity index is 2660. The van der Waals surface area contributed by atoms with E-state index in [2.05, 4.69) is 25.7 Å². The van der Waals surface area contributed by atoms with Crippen molar-refractivity contribution in [3.8, 4) is 22.9 Å². The summed E-state index contributed by atoms with van der Waals surface area (Å²) < 4.78 is 22.1. The summed E-state index contributed by atoms with van der Waals surface area (Å²) in [5, 5.41) is 21.5. The standard InChI is InChI=1S/C44H42Cl2N10O5/c1-4-48-40(58)24-36-44-54-52-26(3)56(44)38-16-14-32(22-34(38)42(50-36)28-7-11-30(46)12-8-28)61-20-18-59-17-19-60-31-13-15-37-33(21-31)41(27-5-9-29(45)10-6-27)49-35(23-39(47)57)43-53-51-25(2)55(37)43/h5-16,21-22,35-36H,4,17-20,23-24H2,1-3H3,(H2,47,57)(H,48,58)/t35-,36-/m0/s1. The van der Waals surface area contributed by atoms with Crippen molar-refractivity contribution < 1.29 is 23.8 Å². The van der Waals surface area contributed by atoms with E-state index < -0.39 is 18.0 Å². The lowest BCUT2D eigenvalue weighted by Crippen LogP contribution is -2.25. The van der Waals surface area contributed by atoms with E-state index in [-0.39, 0.29) is 32.0 Å². The van der Waals surface area contributed by atoms with Crippen LogP contribution < -0.4 is 20.5 Å². The Labute approximate surface area is 361 Å². The minimum atomic E-state index is -0.648. The molecule has 8 rings (SSSR count). The van der Waals surface area contributed by atoms with Gasteiger partial charge >= 0.3 is 0 Å². The number of hydrogen-bond acceptors (Lipinski definition) is 11. The minimum absolute atomic E-state index is 0.0383. The summed E-state index contributed by atoms with van der Waals surface area (Å²) in [4.78, 5) is 35.1. The number of nitrogens with two attached hydrogens (primary N) is 1. The first-order chi connectivity index (χ1) is 29.6. The second-order valence-corrected chi connectivity index (χ2v) is 15.3. The lowest BCUT2D eigenvalue weighted by Gasteiger charge is -2.16. The van der Waals surface area contributed by atoms with Crippen molar-refractivity contribution in [2.24, 2.45) is 15.7 Å². The van der Waals surface area contributed by atoms with Gasteiger partial charge in [0, 0.05) is 38.8 Å². The van der Waals surface area contributed by atoms with Crippen LogP contribution in [0.2, 0.25) is 10.0 Å². The molecule has 6 aromatic rings. The number of hydrogen-bond donors (Lipinski definition) is 2. The number of halogens is 2. The van der Waals surface area contributed by atoms with Gasteiger partial charge in [0.2, 0.25) is 11.8 Å². The molecule has 2 aromatic heterocycles. The highest BCUT2D eigenvalue weighted by atomic mass is 35.5. The quantitative estimate of drug-likeness (QED) is 0.110. The van der Waals surface area contributed by atoms with Crippen molar-refractivity contribution in [3.05, 3.63) is 141 Å². The maximum Gasteiger partial charge on any atom is 0.222 e. The zero-order valence-corrected chi connectivity index (χ0v) is 35.2. The lowest BCUT2D eigenvalue weighted by atomic mass is 10.00. The van der Waals surface area contributed by atoms with Gasteiger partial charge in [-0.3, -0.25) is 28.7 Å². The molecule has 0 fully saturated rings. The maximum absolute atomic E-state index is 12.8. The number of primary amides is 1. The van der Waals surface area contributed by atoms with Gasteiger partial charge in [-0.05, 0) is 81.4 Å². The number of nitrogens with zero attached hydrogens (tertiary/aromatic N) is 8. The molecule has 2 aliphatic rings. The molecule has 0 aliphatic carbocycles. The molecule has 312 valence electrons. The van der Waals surface area contributed by atoms with Gasteiger partial charge < -0.3 is 25.3 Å². The fourth-order valence-corrected chi connectivity index (χ4v) is 7.71. The number of amides is 2. The molecule has 15 nitrogen and oxygen atoms in total. The molecule has 61 heavy (non-hydrogen) atoms. The Morgan fingerprint density at radius 1 is 0.656 bits per heavy atom. The number of aromatic nitrogens is 6. The Balaban J connectivity index is 0.955. The minimum Gasteiger partial charge on any atom is -0.491 e. The van der Waals surface area contributed by atoms with Crippen LogP contribution in [-0.2, 0) is 14.3 Å². The van der Waals surface area contributed by atoms with Gasteiger partial charge in [0.15, 0.2) is 11.6 Å². The van der Waals surface area contributed by atoms with Crippen molar-refractivity contribution in [1.82, 2.24) is 34.8 Å². The summed E-state index contributed by atoms with van der Waals surface area (Å²) in [7, 11) is 0. The second-order valence-electron chi connectivity index (χ2n) is 14.4. The molecule has 3 N–H and O–H groups in total. The molecule has 17 heteroatoms. The van der Waals surface area contributed by atoms with Crippen LogP contribution in [0.3, 0.4) is 0 Å². The smallest absolute Gasteiger partial charge is 0.222 e. The Morgan fingerprint density at radius 2 is 1.11 bits per heavy atom. The van der Waals surface area contributed by atoms with E-state index >= 15 is 0 Å². The van der Waals surface area contributed by atoms with Crippen molar-refractivity contribution in [3.63, 3.8) is 0 Å². The molecule has 0 spiro atoms. The largest absolute Gasteiger partial charge is 0.491 e. The van der Waals surface area contributed by atoms with Gasteiger partial charge in [-0.2, -0.15) is 0 Å². The average molecular weight is 862 g/mol. The summed E-state index contributed by atoms with van der Waals surface area (Å²) in [6.07, 6.45) is 0.0681. The Morgan fingerprint density at radius 3 is 1.56 bits per heavy atom. The number of benzene rings is 4. The average Bonchev–Trinajstić information content (AvgIpc) is 3.75. The van der Waals surface area contributed by atoms with Crippen LogP contribution in [0.15, 0.2) is 94.9 Å². The molecular formula is C44H42Cl2N10O5. The highest BCUT2D eigenvalue weighted by molar-refractivity contribution is 6.31. The summed E-state index contributed by atoms with van der Waals surface area (Å²) in [5.41, 5.74) is 11.8. The molecule has 2 amide bonds. The zero-order valence-electron chi connectivity index (χ0n) is 33.6. The Hall–Kier alpha value is -6.42. The van der Waals surface area contributed by atoms with E-state index in [9.17, 15) is 9.59 Å². The molecule has 2 aliphatic heterocycles. The molecule has 0 bridgehead atoms. The first kappa shape index (κ1) is 41.3. The highest BCUT2D eigenvalue weighted by Gasteiger charge is 2.31. The van der Waals surface area contributed by atoms with E-state index in [4.69, 9.17) is 53.1 Å². The van der Waals surface area contributed by atoms with Crippen LogP contribution in [0.25, 0.3) is 11.4 Å². The van der Waals surface area contributed by atoms with Gasteiger partial charge in [0.05, 0.1) is 48.9 Å². The lowest BCUT2D eigenvalue weighted by molar-refractivity contribution is -0.121. The topological polar surface area (TPSA) is 186 Å². The summed E-state index contributed by atoms with van der Waals surface area (Å²) >= 11 is 12.5. The first-order valence-electron chi connectivity index (χ1n) is 19.8. The molecule has 0 radical (unpaired) electrons. The van der Waals surface area contributed by atoms with Gasteiger partial charge in [0.1, 0.15) is 48.4 Å². The fraction of sp³-hybridized carbons (Fsp3) is 0.273. The summed E-state index contributed by atoms with van der Waals surface area (Å²) in [6.45, 7) is 7.25. The zero-order chi connectivity index (χ0) is 42.6. The van der Waals surface area contributed by atoms with Gasteiger partial charge in [-0.15, -0.1) is 20.4 Å². The first-order valence-corrected chi connectivity index (χ1v) is 20.5. The van der Waals surface area contributed by atoms with Crippen molar-refractivity contribution in [1.29, 1.82) is 0 Å². The van der Waals surface area contributed by atoms with Crippen molar-refractivity contribution in [2.45, 2.75) is 45.7 Å². The molecule has 0 unspecified atom stereocenters. The van der Waals surface area contributed by atoms with Crippen molar-refractivity contribution >= 4 is 46.4 Å². The van der Waals surface area contributed by atoms with Crippen molar-refractivity contribution in [2.75, 3.05) is 33.0 Å². The summed E-state index contributed by atoms with van der Waals surface area (Å²) in [5.74, 6) is 2.99. The van der Waals surface area contributed by atoms with Crippen LogP contribution in [0.1, 0.15) is 77.4 Å². The molecule has 4 heterocycles. The number of carbonyl (C=O) groups excluding carboxylic acids is 2. The third-order valence-electron chi connectivity index (χ3n) is 10.2. The normalized spacial score (nSPS) is 15.2. The number of carbonyl (C=O) groups is 2. The molecular weight excluding hydrogens is 819 g/mol. The number of aryl methyl sites for hydroxylation is 2. The second kappa shape index (κ2) is 18.1. The fourth-order valence-electron chi connectivity index (χ4n) is 7.45. The van der Waals surface area contributed by atoms with Gasteiger partial charge in [-0.1, -0.05) is 47.5 Å². The van der Waals surface area contributed by atoms with E-state index in [0.29, 0.717) is 76.0 Å². The number of nitrogens with one attached hydrogen (secondary N) is 1. The van der Waals surface area contributed by atoms with Crippen LogP contribution in [0.5, 0.6) is 11.5 Å². The Kier molecular flexibility index (Phi) is 12.2. The summed E-state index contributed by atoms with van der Waals surface area (Å²) in [6, 6.07) is 25.0. The number of ether oxygens (including phenoxy) is 3. The van der Waals surface area contributed by atoms with Crippen LogP contribution in [0, 0.1) is 13.8 Å². The monoisotopic (exact) mass is 860 g/mol. The third-order valence-corrected chi connectivity index (χ3v) is 10.7. The predicted molar refractivity (Wildman–Crippen MR) is 231 cm³/mol. The number of aliphatic imine (C=N–C) groups is 2. The molecule has 0 saturated carbocycles. The third kappa shape index (κ3) is 8.90. The number of rotatable bonds is 15. The molecule has 2 atom stereocenters. The van der Waals surface area contributed by atoms with E-state index in [0.717, 1.165) is 33.6 Å². The maximum atomic E-state index is 12.8. The van der Waals surface area contributed by atoms with E-state index in [1.807, 2.05) is 103 Å². The predicted octanol–water partition coefficient (Wildman–Crippen LogP) is 6.43. The SMILES string of the molecule is CCNC(=O)C[C@@H]1N=C(c2ccc(Cl)cc2)c2cc(OCCOCCOc3ccc4c(c3)C(c3ccc(Cl)cc3)=N[C@@H](CC(N)=O)c3nnc(C)n3-4)ccc2-n2c(C)nnc21. The van der Waals surface area contributed by atoms with Crippen LogP contribution in [0.4, 0.5) is 0 Å².